The van der Waals surface area contributed by atoms with Gasteiger partial charge in [0, 0.05) is 43.9 Å². The molecule has 25 heavy (non-hydrogen) atoms. The summed E-state index contributed by atoms with van der Waals surface area (Å²) in [6.45, 7) is 7.60. The van der Waals surface area contributed by atoms with Crippen LogP contribution in [0.1, 0.15) is 25.1 Å². The molecule has 6 nitrogen and oxygen atoms in total. The van der Waals surface area contributed by atoms with Crippen LogP contribution in [0.4, 0.5) is 11.6 Å². The number of ether oxygens (including phenoxy) is 2. The Bertz CT molecular complexity index is 733. The molecule has 1 aliphatic rings. The molecule has 1 aliphatic heterocycles. The van der Waals surface area contributed by atoms with Gasteiger partial charge in [-0.1, -0.05) is 13.8 Å². The molecule has 1 aromatic carbocycles. The minimum atomic E-state index is 0.597. The second-order valence-electron chi connectivity index (χ2n) is 6.74. The molecule has 1 aromatic heterocycles. The van der Waals surface area contributed by atoms with Crippen molar-refractivity contribution in [3.05, 3.63) is 35.7 Å². The number of hydrogen-bond donors (Lipinski definition) is 1. The maximum atomic E-state index is 5.42. The standard InChI is InChI=1S/C19H26N4O2/c1-13(2)11-23-8-7-16-14(12-23)10-20-19(21-16)22-17-6-5-15(24-3)9-18(17)25-4/h5-6,9-10,13H,7-8,11-12H2,1-4H3,(H,20,21,22). The molecule has 0 bridgehead atoms. The molecule has 0 fully saturated rings. The molecule has 0 radical (unpaired) electrons. The smallest absolute Gasteiger partial charge is 0.227 e. The van der Waals surface area contributed by atoms with E-state index < -0.39 is 0 Å². The zero-order valence-electron chi connectivity index (χ0n) is 15.4. The zero-order chi connectivity index (χ0) is 17.8. The van der Waals surface area contributed by atoms with E-state index in [1.807, 2.05) is 24.4 Å². The van der Waals surface area contributed by atoms with Gasteiger partial charge in [0.2, 0.25) is 5.95 Å². The molecule has 6 heteroatoms. The first-order chi connectivity index (χ1) is 12.1. The van der Waals surface area contributed by atoms with Crippen LogP contribution in [0.2, 0.25) is 0 Å². The molecule has 2 heterocycles. The van der Waals surface area contributed by atoms with Gasteiger partial charge in [0.1, 0.15) is 11.5 Å². The lowest BCUT2D eigenvalue weighted by Gasteiger charge is -2.29. The fourth-order valence-corrected chi connectivity index (χ4v) is 3.13. The van der Waals surface area contributed by atoms with E-state index in [0.717, 1.165) is 43.2 Å². The van der Waals surface area contributed by atoms with Gasteiger partial charge in [0.15, 0.2) is 0 Å². The molecule has 0 unspecified atom stereocenters. The Hall–Kier alpha value is -2.34. The number of anilines is 2. The Labute approximate surface area is 149 Å². The summed E-state index contributed by atoms with van der Waals surface area (Å²) >= 11 is 0. The third-order valence-electron chi connectivity index (χ3n) is 4.29. The first kappa shape index (κ1) is 17.5. The lowest BCUT2D eigenvalue weighted by Crippen LogP contribution is -2.34. The predicted octanol–water partition coefficient (Wildman–Crippen LogP) is 3.25. The van der Waals surface area contributed by atoms with Gasteiger partial charge in [0.25, 0.3) is 0 Å². The van der Waals surface area contributed by atoms with Crippen LogP contribution < -0.4 is 14.8 Å². The number of benzene rings is 1. The second kappa shape index (κ2) is 7.70. The summed E-state index contributed by atoms with van der Waals surface area (Å²) < 4.78 is 10.6. The Balaban J connectivity index is 1.75. The zero-order valence-corrected chi connectivity index (χ0v) is 15.4. The van der Waals surface area contributed by atoms with E-state index in [9.17, 15) is 0 Å². The van der Waals surface area contributed by atoms with Crippen LogP contribution in [-0.2, 0) is 13.0 Å². The molecule has 3 rings (SSSR count). The first-order valence-corrected chi connectivity index (χ1v) is 8.65. The molecular formula is C19H26N4O2. The van der Waals surface area contributed by atoms with Gasteiger partial charge in [-0.05, 0) is 18.1 Å². The van der Waals surface area contributed by atoms with Crippen LogP contribution in [0.15, 0.2) is 24.4 Å². The summed E-state index contributed by atoms with van der Waals surface area (Å²) in [6.07, 6.45) is 2.89. The number of rotatable bonds is 6. The van der Waals surface area contributed by atoms with E-state index >= 15 is 0 Å². The van der Waals surface area contributed by atoms with Crippen molar-refractivity contribution in [2.75, 3.05) is 32.6 Å². The van der Waals surface area contributed by atoms with Gasteiger partial charge >= 0.3 is 0 Å². The molecule has 0 spiro atoms. The number of fused-ring (bicyclic) bond motifs is 1. The SMILES string of the molecule is COc1ccc(Nc2ncc3c(n2)CCN(CC(C)C)C3)c(OC)c1. The summed E-state index contributed by atoms with van der Waals surface area (Å²) in [6, 6.07) is 5.63. The molecule has 2 aromatic rings. The molecule has 1 N–H and O–H groups in total. The van der Waals surface area contributed by atoms with Gasteiger partial charge in [-0.25, -0.2) is 9.97 Å². The Morgan fingerprint density at radius 3 is 2.80 bits per heavy atom. The average molecular weight is 342 g/mol. The predicted molar refractivity (Wildman–Crippen MR) is 98.7 cm³/mol. The third kappa shape index (κ3) is 4.20. The molecule has 0 aliphatic carbocycles. The highest BCUT2D eigenvalue weighted by molar-refractivity contribution is 5.64. The van der Waals surface area contributed by atoms with E-state index in [4.69, 9.17) is 14.5 Å². The van der Waals surface area contributed by atoms with Gasteiger partial charge in [-0.3, -0.25) is 4.90 Å². The minimum Gasteiger partial charge on any atom is -0.497 e. The molecular weight excluding hydrogens is 316 g/mol. The number of methoxy groups -OCH3 is 2. The number of nitrogens with zero attached hydrogens (tertiary/aromatic N) is 3. The maximum Gasteiger partial charge on any atom is 0.227 e. The fourth-order valence-electron chi connectivity index (χ4n) is 3.13. The lowest BCUT2D eigenvalue weighted by molar-refractivity contribution is 0.224. The van der Waals surface area contributed by atoms with Gasteiger partial charge < -0.3 is 14.8 Å². The van der Waals surface area contributed by atoms with Crippen LogP contribution in [0.25, 0.3) is 0 Å². The number of nitrogens with one attached hydrogen (secondary N) is 1. The topological polar surface area (TPSA) is 59.5 Å². The van der Waals surface area contributed by atoms with Crippen molar-refractivity contribution in [1.82, 2.24) is 14.9 Å². The monoisotopic (exact) mass is 342 g/mol. The van der Waals surface area contributed by atoms with Crippen molar-refractivity contribution in [3.8, 4) is 11.5 Å². The summed E-state index contributed by atoms with van der Waals surface area (Å²) in [5.41, 5.74) is 3.17. The van der Waals surface area contributed by atoms with Crippen molar-refractivity contribution < 1.29 is 9.47 Å². The van der Waals surface area contributed by atoms with Gasteiger partial charge in [0.05, 0.1) is 25.6 Å². The van der Waals surface area contributed by atoms with E-state index in [1.54, 1.807) is 14.2 Å². The summed E-state index contributed by atoms with van der Waals surface area (Å²) in [7, 11) is 3.27. The van der Waals surface area contributed by atoms with E-state index in [-0.39, 0.29) is 0 Å². The van der Waals surface area contributed by atoms with Crippen molar-refractivity contribution in [2.24, 2.45) is 5.92 Å². The summed E-state index contributed by atoms with van der Waals surface area (Å²) in [4.78, 5) is 11.7. The van der Waals surface area contributed by atoms with E-state index in [2.05, 4.69) is 29.0 Å². The van der Waals surface area contributed by atoms with Crippen LogP contribution in [0, 0.1) is 5.92 Å². The lowest BCUT2D eigenvalue weighted by atomic mass is 10.1. The van der Waals surface area contributed by atoms with Crippen molar-refractivity contribution in [3.63, 3.8) is 0 Å². The normalized spacial score (nSPS) is 14.3. The highest BCUT2D eigenvalue weighted by Gasteiger charge is 2.19. The van der Waals surface area contributed by atoms with Gasteiger partial charge in [-0.15, -0.1) is 0 Å². The molecule has 0 amide bonds. The molecule has 0 saturated heterocycles. The highest BCUT2D eigenvalue weighted by atomic mass is 16.5. The van der Waals surface area contributed by atoms with Gasteiger partial charge in [-0.2, -0.15) is 0 Å². The highest BCUT2D eigenvalue weighted by Crippen LogP contribution is 2.31. The second-order valence-corrected chi connectivity index (χ2v) is 6.74. The van der Waals surface area contributed by atoms with E-state index in [1.165, 1.54) is 5.56 Å². The summed E-state index contributed by atoms with van der Waals surface area (Å²) in [5.74, 6) is 2.72. The Morgan fingerprint density at radius 1 is 1.24 bits per heavy atom. The van der Waals surface area contributed by atoms with Crippen molar-refractivity contribution in [1.29, 1.82) is 0 Å². The average Bonchev–Trinajstić information content (AvgIpc) is 2.61. The number of aromatic nitrogens is 2. The van der Waals surface area contributed by atoms with Crippen molar-refractivity contribution >= 4 is 11.6 Å². The summed E-state index contributed by atoms with van der Waals surface area (Å²) in [5, 5.41) is 3.25. The van der Waals surface area contributed by atoms with Crippen LogP contribution >= 0.6 is 0 Å². The third-order valence-corrected chi connectivity index (χ3v) is 4.29. The fraction of sp³-hybridized carbons (Fsp3) is 0.474. The van der Waals surface area contributed by atoms with Crippen molar-refractivity contribution in [2.45, 2.75) is 26.8 Å². The van der Waals surface area contributed by atoms with Crippen LogP contribution in [0.5, 0.6) is 11.5 Å². The van der Waals surface area contributed by atoms with Crippen LogP contribution in [-0.4, -0.2) is 42.2 Å². The Morgan fingerprint density at radius 2 is 2.08 bits per heavy atom. The Kier molecular flexibility index (Phi) is 5.38. The number of hydrogen-bond acceptors (Lipinski definition) is 6. The van der Waals surface area contributed by atoms with Crippen LogP contribution in [0.3, 0.4) is 0 Å². The van der Waals surface area contributed by atoms with E-state index in [0.29, 0.717) is 17.6 Å². The molecule has 0 atom stereocenters. The maximum absolute atomic E-state index is 5.42. The molecule has 134 valence electrons. The first-order valence-electron chi connectivity index (χ1n) is 8.65. The molecule has 0 saturated carbocycles. The largest absolute Gasteiger partial charge is 0.497 e. The minimum absolute atomic E-state index is 0.597. The quantitative estimate of drug-likeness (QED) is 0.869.